The zero-order valence-corrected chi connectivity index (χ0v) is 13.3. The van der Waals surface area contributed by atoms with Crippen molar-refractivity contribution in [2.75, 3.05) is 0 Å². The Hall–Kier alpha value is -0.0565. The third-order valence-corrected chi connectivity index (χ3v) is 9.78. The molecule has 0 amide bonds. The van der Waals surface area contributed by atoms with Crippen molar-refractivity contribution in [3.8, 4) is 0 Å². The van der Waals surface area contributed by atoms with Gasteiger partial charge in [-0.1, -0.05) is 0 Å². The molecule has 0 nitrogen and oxygen atoms in total. The Morgan fingerprint density at radius 3 is 1.39 bits per heavy atom. The molecular formula is C14H16Cl2NiP. The van der Waals surface area contributed by atoms with Crippen molar-refractivity contribution >= 4 is 42.1 Å². The molecule has 0 aliphatic carbocycles. The maximum atomic E-state index is 2.30. The van der Waals surface area contributed by atoms with Gasteiger partial charge in [0.05, 0.1) is 0 Å². The number of halogens is 2. The van der Waals surface area contributed by atoms with Crippen molar-refractivity contribution in [3.63, 3.8) is 0 Å². The monoisotopic (exact) mass is 343 g/mol. The molecule has 0 spiro atoms. The van der Waals surface area contributed by atoms with Crippen LogP contribution in [0.1, 0.15) is 0 Å². The topological polar surface area (TPSA) is 0 Å². The van der Waals surface area contributed by atoms with Crippen LogP contribution in [0.25, 0.3) is 0 Å². The second-order valence-corrected chi connectivity index (χ2v) is 10.2. The van der Waals surface area contributed by atoms with Crippen molar-refractivity contribution in [1.82, 2.24) is 0 Å². The third kappa shape index (κ3) is 3.72. The van der Waals surface area contributed by atoms with Crippen LogP contribution in [0, 0.1) is 0 Å². The van der Waals surface area contributed by atoms with Crippen LogP contribution in [0.15, 0.2) is 60.7 Å². The average molecular weight is 345 g/mol. The van der Waals surface area contributed by atoms with Gasteiger partial charge in [0, 0.05) is 0 Å². The van der Waals surface area contributed by atoms with E-state index < -0.39 is 0 Å². The van der Waals surface area contributed by atoms with E-state index in [1.54, 1.807) is 10.6 Å². The molecule has 0 unspecified atom stereocenters. The fourth-order valence-electron chi connectivity index (χ4n) is 1.64. The summed E-state index contributed by atoms with van der Waals surface area (Å²) in [5.41, 5.74) is 0. The SMILES string of the molecule is Cl.Cl.c1ccc([P](c2ccccc2)[Ni]2[CH2][CH2]2)cc1. The van der Waals surface area contributed by atoms with Crippen molar-refractivity contribution in [3.05, 3.63) is 60.7 Å². The molecule has 1 fully saturated rings. The van der Waals surface area contributed by atoms with Crippen LogP contribution in [-0.4, -0.2) is 0 Å². The first-order valence-electron chi connectivity index (χ1n) is 5.36. The van der Waals surface area contributed by atoms with E-state index in [1.807, 2.05) is 0 Å². The molecule has 0 bridgehead atoms. The summed E-state index contributed by atoms with van der Waals surface area (Å²) < 4.78 is 0. The summed E-state index contributed by atoms with van der Waals surface area (Å²) in [7, 11) is 0. The quantitative estimate of drug-likeness (QED) is 0.573. The first kappa shape index (κ1) is 16.0. The predicted octanol–water partition coefficient (Wildman–Crippen LogP) is 4.35. The molecule has 1 aliphatic rings. The number of benzene rings is 2. The molecule has 4 heteroatoms. The zero-order chi connectivity index (χ0) is 10.8. The van der Waals surface area contributed by atoms with Gasteiger partial charge in [-0.15, -0.1) is 24.8 Å². The molecule has 1 heterocycles. The van der Waals surface area contributed by atoms with Gasteiger partial charge in [0.25, 0.3) is 0 Å². The van der Waals surface area contributed by atoms with Crippen LogP contribution in [0.4, 0.5) is 0 Å². The molecule has 18 heavy (non-hydrogen) atoms. The molecule has 101 valence electrons. The van der Waals surface area contributed by atoms with Gasteiger partial charge in [0.2, 0.25) is 0 Å². The predicted molar refractivity (Wildman–Crippen MR) is 83.2 cm³/mol. The Balaban J connectivity index is 0.000000810. The molecule has 2 aromatic carbocycles. The Morgan fingerprint density at radius 2 is 1.06 bits per heavy atom. The Morgan fingerprint density at radius 1 is 0.667 bits per heavy atom. The molecule has 2 aromatic rings. The van der Waals surface area contributed by atoms with Gasteiger partial charge in [-0.3, -0.25) is 0 Å². The van der Waals surface area contributed by atoms with Gasteiger partial charge in [0.1, 0.15) is 0 Å². The number of hydrogen-bond donors (Lipinski definition) is 0. The maximum absolute atomic E-state index is 2.30. The van der Waals surface area contributed by atoms with Gasteiger partial charge >= 0.3 is 102 Å². The molecule has 0 radical (unpaired) electrons. The fourth-order valence-corrected chi connectivity index (χ4v) is 9.01. The first-order valence-corrected chi connectivity index (χ1v) is 9.26. The Bertz CT molecular complexity index is 420. The van der Waals surface area contributed by atoms with Crippen molar-refractivity contribution in [2.24, 2.45) is 0 Å². The van der Waals surface area contributed by atoms with Gasteiger partial charge in [-0.05, 0) is 0 Å². The van der Waals surface area contributed by atoms with Crippen LogP contribution >= 0.6 is 31.5 Å². The molecule has 0 aromatic heterocycles. The Labute approximate surface area is 126 Å². The van der Waals surface area contributed by atoms with Crippen LogP contribution in [0.3, 0.4) is 0 Å². The van der Waals surface area contributed by atoms with E-state index in [-0.39, 0.29) is 31.5 Å². The van der Waals surface area contributed by atoms with Gasteiger partial charge < -0.3 is 0 Å². The standard InChI is InChI=1S/C12H10P.C2H4.2ClH.Ni/c1-3-7-11(8-4-1)13-12-9-5-2-6-10-12;1-2;;;/h1-10H;1-2H2;2*1H;/q-1;;;;+1. The van der Waals surface area contributed by atoms with E-state index in [9.17, 15) is 0 Å². The van der Waals surface area contributed by atoms with E-state index in [4.69, 9.17) is 0 Å². The molecule has 0 saturated carbocycles. The molecule has 1 saturated heterocycles. The Kier molecular flexibility index (Phi) is 6.68. The molecule has 0 N–H and O–H groups in total. The van der Waals surface area contributed by atoms with Crippen molar-refractivity contribution in [1.29, 1.82) is 0 Å². The summed E-state index contributed by atoms with van der Waals surface area (Å²) in [6.45, 7) is -0.0571. The normalized spacial score (nSPS) is 14.6. The van der Waals surface area contributed by atoms with Crippen LogP contribution in [0.5, 0.6) is 0 Å². The van der Waals surface area contributed by atoms with E-state index in [0.29, 0.717) is 13.0 Å². The van der Waals surface area contributed by atoms with E-state index in [2.05, 4.69) is 60.7 Å². The summed E-state index contributed by atoms with van der Waals surface area (Å²) in [5.74, 6) is 0. The van der Waals surface area contributed by atoms with E-state index in [0.717, 1.165) is 0 Å². The zero-order valence-electron chi connectivity index (χ0n) is 9.77. The first-order chi connectivity index (χ1) is 7.95. The average Bonchev–Trinajstić information content (AvgIpc) is 3.17. The van der Waals surface area contributed by atoms with E-state index in [1.165, 1.54) is 10.8 Å². The minimum absolute atomic E-state index is 0. The molecule has 3 rings (SSSR count). The number of hydrogen-bond acceptors (Lipinski definition) is 0. The summed E-state index contributed by atoms with van der Waals surface area (Å²) >= 11 is 0.524. The minimum atomic E-state index is -0.0571. The van der Waals surface area contributed by atoms with Gasteiger partial charge in [-0.2, -0.15) is 0 Å². The van der Waals surface area contributed by atoms with E-state index >= 15 is 0 Å². The van der Waals surface area contributed by atoms with Gasteiger partial charge in [0.15, 0.2) is 0 Å². The molecular weight excluding hydrogens is 329 g/mol. The van der Waals surface area contributed by atoms with Crippen LogP contribution in [-0.2, 0) is 13.0 Å². The molecule has 0 atom stereocenters. The van der Waals surface area contributed by atoms with Crippen molar-refractivity contribution < 1.29 is 13.0 Å². The summed E-state index contributed by atoms with van der Waals surface area (Å²) in [6.07, 6.45) is 0. The van der Waals surface area contributed by atoms with Crippen LogP contribution < -0.4 is 10.6 Å². The van der Waals surface area contributed by atoms with Gasteiger partial charge in [-0.25, -0.2) is 0 Å². The summed E-state index contributed by atoms with van der Waals surface area (Å²) in [6, 6.07) is 22.1. The summed E-state index contributed by atoms with van der Waals surface area (Å²) in [4.78, 5) is 0. The second-order valence-electron chi connectivity index (χ2n) is 3.60. The third-order valence-electron chi connectivity index (χ3n) is 2.43. The van der Waals surface area contributed by atoms with Crippen LogP contribution in [0.2, 0.25) is 10.8 Å². The fraction of sp³-hybridized carbons (Fsp3) is 0.143. The van der Waals surface area contributed by atoms with Crippen molar-refractivity contribution in [2.45, 2.75) is 10.8 Å². The molecule has 1 aliphatic heterocycles. The summed E-state index contributed by atoms with van der Waals surface area (Å²) in [5, 5.41) is 6.01. The number of rotatable bonds is 3. The second kappa shape index (κ2) is 7.51.